The molecule has 4 N–H and O–H groups in total. The molecule has 6 nitrogen and oxygen atoms in total. The minimum atomic E-state index is -0.927. The molecule has 3 rings (SSSR count). The van der Waals surface area contributed by atoms with Crippen molar-refractivity contribution < 1.29 is 15.7 Å². The number of carbonyl (C=O) groups excluding carboxylic acids is 1. The van der Waals surface area contributed by atoms with Crippen molar-refractivity contribution in [3.63, 3.8) is 0 Å². The number of hydrogen-bond acceptors (Lipinski definition) is 4. The number of amides is 1. The third-order valence-electron chi connectivity index (χ3n) is 4.31. The standard InChI is InChI=1S/C21H21Cl2FN4O2/c1-11(2)27-20-7-14(16(23)9-26-20)13-6-18(25-8-13)21(30)28-19(10-29)12-3-4-17(24)15(22)5-12/h3-9,11,19,25,29H,10H2,1-2H3,(H,26,27)(H,28,30)/t19-/m1/s1/i11D. The number of nitrogens with one attached hydrogen (secondary N) is 3. The van der Waals surface area contributed by atoms with Crippen molar-refractivity contribution in [2.24, 2.45) is 0 Å². The molecule has 1 atom stereocenters. The molecule has 0 spiro atoms. The van der Waals surface area contributed by atoms with Crippen molar-refractivity contribution in [2.45, 2.75) is 25.9 Å². The maximum Gasteiger partial charge on any atom is 0.268 e. The van der Waals surface area contributed by atoms with Crippen LogP contribution in [-0.4, -0.2) is 33.6 Å². The summed E-state index contributed by atoms with van der Waals surface area (Å²) in [5.74, 6) is -0.582. The van der Waals surface area contributed by atoms with E-state index >= 15 is 0 Å². The molecule has 2 aromatic heterocycles. The summed E-state index contributed by atoms with van der Waals surface area (Å²) in [6.07, 6.45) is 3.09. The van der Waals surface area contributed by atoms with Crippen molar-refractivity contribution in [2.75, 3.05) is 11.9 Å². The van der Waals surface area contributed by atoms with Gasteiger partial charge in [0, 0.05) is 29.5 Å². The fourth-order valence-corrected chi connectivity index (χ4v) is 3.27. The maximum atomic E-state index is 13.4. The van der Waals surface area contributed by atoms with Gasteiger partial charge in [-0.1, -0.05) is 29.3 Å². The summed E-state index contributed by atoms with van der Waals surface area (Å²) < 4.78 is 21.3. The second-order valence-electron chi connectivity index (χ2n) is 6.86. The summed E-state index contributed by atoms with van der Waals surface area (Å²) in [4.78, 5) is 19.7. The lowest BCUT2D eigenvalue weighted by atomic mass is 10.1. The first-order valence-electron chi connectivity index (χ1n) is 9.56. The van der Waals surface area contributed by atoms with Gasteiger partial charge in [0.25, 0.3) is 5.91 Å². The Kier molecular flexibility index (Phi) is 6.52. The molecule has 3 aromatic rings. The number of halogens is 3. The fraction of sp³-hybridized carbons (Fsp3) is 0.238. The molecule has 158 valence electrons. The molecule has 2 heterocycles. The zero-order valence-corrected chi connectivity index (χ0v) is 17.8. The number of hydrogen-bond donors (Lipinski definition) is 4. The molecule has 1 amide bonds. The monoisotopic (exact) mass is 451 g/mol. The molecule has 0 saturated heterocycles. The maximum absolute atomic E-state index is 13.4. The lowest BCUT2D eigenvalue weighted by molar-refractivity contribution is 0.0911. The van der Waals surface area contributed by atoms with E-state index in [1.54, 1.807) is 32.2 Å². The molecular weight excluding hydrogens is 430 g/mol. The lowest BCUT2D eigenvalue weighted by Crippen LogP contribution is -2.31. The number of pyridine rings is 1. The Bertz CT molecular complexity index is 1100. The highest BCUT2D eigenvalue weighted by Gasteiger charge is 2.18. The third kappa shape index (κ3) is 5.11. The van der Waals surface area contributed by atoms with E-state index in [-0.39, 0.29) is 10.7 Å². The van der Waals surface area contributed by atoms with Crippen molar-refractivity contribution in [1.82, 2.24) is 15.3 Å². The molecule has 0 radical (unpaired) electrons. The smallest absolute Gasteiger partial charge is 0.268 e. The molecule has 0 bridgehead atoms. The molecule has 0 fully saturated rings. The van der Waals surface area contributed by atoms with Gasteiger partial charge in [0.15, 0.2) is 0 Å². The predicted molar refractivity (Wildman–Crippen MR) is 116 cm³/mol. The highest BCUT2D eigenvalue weighted by molar-refractivity contribution is 6.33. The van der Waals surface area contributed by atoms with E-state index in [2.05, 4.69) is 20.6 Å². The Hall–Kier alpha value is -2.61. The second kappa shape index (κ2) is 9.47. The summed E-state index contributed by atoms with van der Waals surface area (Å²) >= 11 is 12.1. The minimum Gasteiger partial charge on any atom is -0.394 e. The number of aromatic nitrogens is 2. The van der Waals surface area contributed by atoms with E-state index in [9.17, 15) is 14.3 Å². The van der Waals surface area contributed by atoms with Gasteiger partial charge in [-0.05, 0) is 43.7 Å². The van der Waals surface area contributed by atoms with Crippen LogP contribution in [0.25, 0.3) is 11.1 Å². The first-order valence-corrected chi connectivity index (χ1v) is 9.82. The van der Waals surface area contributed by atoms with Crippen LogP contribution < -0.4 is 10.6 Å². The van der Waals surface area contributed by atoms with Gasteiger partial charge in [0.05, 0.1) is 24.1 Å². The highest BCUT2D eigenvalue weighted by atomic mass is 35.5. The number of nitrogens with zero attached hydrogens (tertiary/aromatic N) is 1. The number of carbonyl (C=O) groups is 1. The van der Waals surface area contributed by atoms with Crippen molar-refractivity contribution in [3.8, 4) is 11.1 Å². The molecule has 0 unspecified atom stereocenters. The molecule has 0 aliphatic rings. The van der Waals surface area contributed by atoms with Gasteiger partial charge in [-0.2, -0.15) is 0 Å². The number of benzene rings is 1. The summed E-state index contributed by atoms with van der Waals surface area (Å²) in [5, 5.41) is 15.6. The lowest BCUT2D eigenvalue weighted by Gasteiger charge is -2.16. The van der Waals surface area contributed by atoms with Gasteiger partial charge in [0.1, 0.15) is 17.3 Å². The van der Waals surface area contributed by atoms with Crippen LogP contribution in [0.5, 0.6) is 0 Å². The number of rotatable bonds is 7. The number of anilines is 1. The Balaban J connectivity index is 1.80. The zero-order valence-electron chi connectivity index (χ0n) is 17.3. The van der Waals surface area contributed by atoms with Crippen molar-refractivity contribution >= 4 is 34.9 Å². The minimum absolute atomic E-state index is 0.0973. The second-order valence-corrected chi connectivity index (χ2v) is 7.67. The zero-order chi connectivity index (χ0) is 22.8. The largest absolute Gasteiger partial charge is 0.394 e. The first kappa shape index (κ1) is 20.7. The highest BCUT2D eigenvalue weighted by Crippen LogP contribution is 2.30. The number of aliphatic hydroxyl groups excluding tert-OH is 1. The molecule has 0 saturated carbocycles. The van der Waals surface area contributed by atoms with Crippen LogP contribution in [-0.2, 0) is 0 Å². The Labute approximate surface area is 184 Å². The molecule has 30 heavy (non-hydrogen) atoms. The van der Waals surface area contributed by atoms with E-state index in [0.29, 0.717) is 27.5 Å². The van der Waals surface area contributed by atoms with Gasteiger partial charge in [-0.25, -0.2) is 9.37 Å². The summed E-state index contributed by atoms with van der Waals surface area (Å²) in [6.45, 7) is 2.98. The van der Waals surface area contributed by atoms with Gasteiger partial charge in [-0.15, -0.1) is 0 Å². The van der Waals surface area contributed by atoms with Crippen LogP contribution in [0.3, 0.4) is 0 Å². The van der Waals surface area contributed by atoms with Crippen LogP contribution in [0.15, 0.2) is 42.7 Å². The van der Waals surface area contributed by atoms with E-state index in [1.165, 1.54) is 24.4 Å². The van der Waals surface area contributed by atoms with E-state index in [0.717, 1.165) is 0 Å². The van der Waals surface area contributed by atoms with Gasteiger partial charge >= 0.3 is 0 Å². The van der Waals surface area contributed by atoms with Crippen LogP contribution >= 0.6 is 23.2 Å². The normalized spacial score (nSPS) is 12.9. The SMILES string of the molecule is [2H]C(C)(C)Nc1cc(-c2c[nH]c(C(=O)N[C@H](CO)c3ccc(F)c(Cl)c3)c2)c(Cl)cn1. The van der Waals surface area contributed by atoms with E-state index in [1.807, 2.05) is 0 Å². The van der Waals surface area contributed by atoms with Gasteiger partial charge in [-0.3, -0.25) is 4.79 Å². The predicted octanol–water partition coefficient (Wildman–Crippen LogP) is 4.81. The average molecular weight is 452 g/mol. The molecule has 1 aromatic carbocycles. The Morgan fingerprint density at radius 3 is 2.73 bits per heavy atom. The van der Waals surface area contributed by atoms with E-state index in [4.69, 9.17) is 24.6 Å². The molecule has 0 aliphatic heterocycles. The van der Waals surface area contributed by atoms with Crippen LogP contribution in [0.1, 0.15) is 37.3 Å². The number of aromatic amines is 1. The van der Waals surface area contributed by atoms with Crippen molar-refractivity contribution in [3.05, 3.63) is 69.8 Å². The van der Waals surface area contributed by atoms with Crippen LogP contribution in [0, 0.1) is 5.82 Å². The molecule has 9 heteroatoms. The third-order valence-corrected chi connectivity index (χ3v) is 4.90. The van der Waals surface area contributed by atoms with Gasteiger partial charge < -0.3 is 20.7 Å². The first-order chi connectivity index (χ1) is 14.6. The van der Waals surface area contributed by atoms with Gasteiger partial charge in [0.2, 0.25) is 0 Å². The fourth-order valence-electron chi connectivity index (χ4n) is 2.86. The number of aliphatic hydroxyl groups is 1. The summed E-state index contributed by atoms with van der Waals surface area (Å²) in [7, 11) is 0. The van der Waals surface area contributed by atoms with E-state index < -0.39 is 30.4 Å². The summed E-state index contributed by atoms with van der Waals surface area (Å²) in [5.41, 5.74) is 1.99. The average Bonchev–Trinajstić information content (AvgIpc) is 3.18. The Morgan fingerprint density at radius 2 is 2.07 bits per heavy atom. The quantitative estimate of drug-likeness (QED) is 0.414. The van der Waals surface area contributed by atoms with Crippen molar-refractivity contribution in [1.29, 1.82) is 0 Å². The molecular formula is C21H21Cl2FN4O2. The Morgan fingerprint density at radius 1 is 1.30 bits per heavy atom. The summed E-state index contributed by atoms with van der Waals surface area (Å²) in [6, 6.07) is 5.59. The number of H-pyrrole nitrogens is 1. The van der Waals surface area contributed by atoms with Crippen LogP contribution in [0.2, 0.25) is 10.0 Å². The topological polar surface area (TPSA) is 90.0 Å². The molecule has 0 aliphatic carbocycles. The van der Waals surface area contributed by atoms with Crippen LogP contribution in [0.4, 0.5) is 10.2 Å².